The molecule has 0 saturated carbocycles. The van der Waals surface area contributed by atoms with Crippen molar-refractivity contribution < 1.29 is 24.2 Å². The molecule has 0 aromatic heterocycles. The van der Waals surface area contributed by atoms with Gasteiger partial charge in [0.15, 0.2) is 6.10 Å². The van der Waals surface area contributed by atoms with Gasteiger partial charge in [0.25, 0.3) is 0 Å². The van der Waals surface area contributed by atoms with Gasteiger partial charge in [0.1, 0.15) is 6.10 Å². The smallest absolute Gasteiger partial charge is 0.347 e. The number of esters is 2. The highest BCUT2D eigenvalue weighted by Gasteiger charge is 2.21. The van der Waals surface area contributed by atoms with Crippen molar-refractivity contribution in [2.24, 2.45) is 0 Å². The molecule has 0 aliphatic heterocycles. The third-order valence-corrected chi connectivity index (χ3v) is 4.71. The second-order valence-corrected chi connectivity index (χ2v) is 7.52. The van der Waals surface area contributed by atoms with Crippen LogP contribution in [-0.2, 0) is 19.1 Å². The molecule has 0 spiro atoms. The summed E-state index contributed by atoms with van der Waals surface area (Å²) < 4.78 is 9.88. The molecule has 1 N–H and O–H groups in total. The minimum atomic E-state index is -1.23. The molecule has 0 aromatic rings. The fraction of sp³-hybridized carbons (Fsp3) is 0.909. The summed E-state index contributed by atoms with van der Waals surface area (Å²) in [6.07, 6.45) is 15.7. The first-order valence-corrected chi connectivity index (χ1v) is 11.0. The Labute approximate surface area is 166 Å². The SMILES string of the molecule is CCCCCCCCCCCCCCCCOC(=O)C(C)OC(=O)C(C)O. The van der Waals surface area contributed by atoms with E-state index in [0.717, 1.165) is 12.8 Å². The molecule has 2 atom stereocenters. The summed E-state index contributed by atoms with van der Waals surface area (Å²) in [4.78, 5) is 22.8. The number of rotatable bonds is 18. The van der Waals surface area contributed by atoms with Gasteiger partial charge in [-0.25, -0.2) is 9.59 Å². The fourth-order valence-corrected chi connectivity index (χ4v) is 2.91. The van der Waals surface area contributed by atoms with Crippen molar-refractivity contribution >= 4 is 11.9 Å². The molecule has 0 radical (unpaired) electrons. The van der Waals surface area contributed by atoms with Crippen LogP contribution in [-0.4, -0.2) is 35.9 Å². The first-order valence-electron chi connectivity index (χ1n) is 11.0. The van der Waals surface area contributed by atoms with Crippen LogP contribution in [0.1, 0.15) is 111 Å². The Morgan fingerprint density at radius 3 is 1.52 bits per heavy atom. The van der Waals surface area contributed by atoms with Gasteiger partial charge in [0.05, 0.1) is 6.61 Å². The third kappa shape index (κ3) is 16.8. The van der Waals surface area contributed by atoms with Crippen LogP contribution in [0.25, 0.3) is 0 Å². The van der Waals surface area contributed by atoms with Crippen LogP contribution in [0.3, 0.4) is 0 Å². The second kappa shape index (κ2) is 18.3. The Morgan fingerprint density at radius 1 is 0.704 bits per heavy atom. The zero-order chi connectivity index (χ0) is 20.3. The molecule has 0 aliphatic rings. The van der Waals surface area contributed by atoms with Crippen LogP contribution in [0.5, 0.6) is 0 Å². The lowest BCUT2D eigenvalue weighted by Gasteiger charge is -2.13. The van der Waals surface area contributed by atoms with Gasteiger partial charge in [-0.15, -0.1) is 0 Å². The Morgan fingerprint density at radius 2 is 1.11 bits per heavy atom. The third-order valence-electron chi connectivity index (χ3n) is 4.71. The number of unbranched alkanes of at least 4 members (excludes halogenated alkanes) is 13. The molecule has 0 aromatic carbocycles. The summed E-state index contributed by atoms with van der Waals surface area (Å²) in [7, 11) is 0. The molecule has 160 valence electrons. The number of aliphatic hydroxyl groups is 1. The van der Waals surface area contributed by atoms with Gasteiger partial charge in [-0.05, 0) is 20.3 Å². The van der Waals surface area contributed by atoms with Crippen molar-refractivity contribution in [2.45, 2.75) is 123 Å². The average Bonchev–Trinajstić information content (AvgIpc) is 2.64. The topological polar surface area (TPSA) is 72.8 Å². The van der Waals surface area contributed by atoms with Crippen molar-refractivity contribution in [3.63, 3.8) is 0 Å². The van der Waals surface area contributed by atoms with Crippen molar-refractivity contribution in [2.75, 3.05) is 6.61 Å². The van der Waals surface area contributed by atoms with Crippen LogP contribution < -0.4 is 0 Å². The molecule has 2 unspecified atom stereocenters. The zero-order valence-corrected chi connectivity index (χ0v) is 17.8. The molecule has 0 rings (SSSR count). The fourth-order valence-electron chi connectivity index (χ4n) is 2.91. The lowest BCUT2D eigenvalue weighted by molar-refractivity contribution is -0.171. The Bertz CT molecular complexity index is 368. The number of hydrogen-bond acceptors (Lipinski definition) is 5. The molecule has 0 fully saturated rings. The Hall–Kier alpha value is -1.10. The molecule has 5 heteroatoms. The van der Waals surface area contributed by atoms with Crippen molar-refractivity contribution in [1.82, 2.24) is 0 Å². The highest BCUT2D eigenvalue weighted by atomic mass is 16.6. The zero-order valence-electron chi connectivity index (χ0n) is 17.8. The number of carbonyl (C=O) groups is 2. The predicted molar refractivity (Wildman–Crippen MR) is 109 cm³/mol. The molecular formula is C22H42O5. The molecule has 0 amide bonds. The average molecular weight is 387 g/mol. The normalized spacial score (nSPS) is 13.2. The van der Waals surface area contributed by atoms with Gasteiger partial charge in [-0.1, -0.05) is 90.4 Å². The summed E-state index contributed by atoms with van der Waals surface area (Å²) in [5.74, 6) is -1.37. The van der Waals surface area contributed by atoms with Crippen LogP contribution in [0, 0.1) is 0 Å². The van der Waals surface area contributed by atoms with Gasteiger partial charge in [-0.2, -0.15) is 0 Å². The summed E-state index contributed by atoms with van der Waals surface area (Å²) in [6, 6.07) is 0. The van der Waals surface area contributed by atoms with Gasteiger partial charge >= 0.3 is 11.9 Å². The van der Waals surface area contributed by atoms with Crippen molar-refractivity contribution in [1.29, 1.82) is 0 Å². The van der Waals surface area contributed by atoms with Crippen molar-refractivity contribution in [3.05, 3.63) is 0 Å². The van der Waals surface area contributed by atoms with Crippen LogP contribution >= 0.6 is 0 Å². The van der Waals surface area contributed by atoms with Gasteiger partial charge in [-0.3, -0.25) is 0 Å². The van der Waals surface area contributed by atoms with E-state index in [4.69, 9.17) is 14.6 Å². The Kier molecular flexibility index (Phi) is 17.5. The molecule has 0 saturated heterocycles. The Balaban J connectivity index is 3.33. The number of ether oxygens (including phenoxy) is 2. The molecule has 27 heavy (non-hydrogen) atoms. The molecule has 0 heterocycles. The maximum absolute atomic E-state index is 11.7. The van der Waals surface area contributed by atoms with E-state index in [1.165, 1.54) is 90.9 Å². The monoisotopic (exact) mass is 386 g/mol. The van der Waals surface area contributed by atoms with Gasteiger partial charge < -0.3 is 14.6 Å². The van der Waals surface area contributed by atoms with Crippen molar-refractivity contribution in [3.8, 4) is 0 Å². The molecule has 5 nitrogen and oxygen atoms in total. The summed E-state index contributed by atoms with van der Waals surface area (Å²) in [5.41, 5.74) is 0. The van der Waals surface area contributed by atoms with Gasteiger partial charge in [0, 0.05) is 0 Å². The minimum absolute atomic E-state index is 0.355. The van der Waals surface area contributed by atoms with Crippen LogP contribution in [0.15, 0.2) is 0 Å². The summed E-state index contributed by atoms with van der Waals surface area (Å²) in [6.45, 7) is 5.36. The molecule has 0 aliphatic carbocycles. The first kappa shape index (κ1) is 25.9. The number of hydrogen-bond donors (Lipinski definition) is 1. The number of aliphatic hydroxyl groups excluding tert-OH is 1. The van der Waals surface area contributed by atoms with E-state index in [-0.39, 0.29) is 0 Å². The predicted octanol–water partition coefficient (Wildman–Crippen LogP) is 5.32. The van der Waals surface area contributed by atoms with E-state index in [0.29, 0.717) is 6.61 Å². The van der Waals surface area contributed by atoms with E-state index in [2.05, 4.69) is 6.92 Å². The number of carbonyl (C=O) groups excluding carboxylic acids is 2. The van der Waals surface area contributed by atoms with Gasteiger partial charge in [0.2, 0.25) is 0 Å². The van der Waals surface area contributed by atoms with Crippen LogP contribution in [0.2, 0.25) is 0 Å². The standard InChI is InChI=1S/C22H42O5/c1-4-5-6-7-8-9-10-11-12-13-14-15-16-17-18-26-22(25)20(3)27-21(24)19(2)23/h19-20,23H,4-18H2,1-3H3. The summed E-state index contributed by atoms with van der Waals surface area (Å²) >= 11 is 0. The van der Waals surface area contributed by atoms with E-state index in [9.17, 15) is 9.59 Å². The van der Waals surface area contributed by atoms with E-state index >= 15 is 0 Å². The van der Waals surface area contributed by atoms with Crippen LogP contribution in [0.4, 0.5) is 0 Å². The highest BCUT2D eigenvalue weighted by molar-refractivity contribution is 5.80. The molecular weight excluding hydrogens is 344 g/mol. The maximum Gasteiger partial charge on any atom is 0.347 e. The largest absolute Gasteiger partial charge is 0.463 e. The quantitative estimate of drug-likeness (QED) is 0.255. The first-order chi connectivity index (χ1) is 13.0. The molecule has 0 bridgehead atoms. The second-order valence-electron chi connectivity index (χ2n) is 7.52. The minimum Gasteiger partial charge on any atom is -0.463 e. The van der Waals surface area contributed by atoms with E-state index in [1.54, 1.807) is 0 Å². The maximum atomic E-state index is 11.7. The van der Waals surface area contributed by atoms with E-state index < -0.39 is 24.1 Å². The summed E-state index contributed by atoms with van der Waals surface area (Å²) in [5, 5.41) is 9.04. The lowest BCUT2D eigenvalue weighted by atomic mass is 10.0. The lowest BCUT2D eigenvalue weighted by Crippen LogP contribution is -2.30. The highest BCUT2D eigenvalue weighted by Crippen LogP contribution is 2.13. The van der Waals surface area contributed by atoms with E-state index in [1.807, 2.05) is 0 Å².